The quantitative estimate of drug-likeness (QED) is 0.438. The molecule has 0 aliphatic heterocycles. The molecule has 0 radical (unpaired) electrons. The zero-order valence-electron chi connectivity index (χ0n) is 17.4. The molecular formula is C23H22N8. The van der Waals surface area contributed by atoms with Gasteiger partial charge in [0.1, 0.15) is 12.1 Å². The van der Waals surface area contributed by atoms with Gasteiger partial charge in [-0.2, -0.15) is 0 Å². The molecule has 5 rings (SSSR count). The largest absolute Gasteiger partial charge is 0.367 e. The summed E-state index contributed by atoms with van der Waals surface area (Å²) < 4.78 is 2.00. The fraction of sp³-hybridized carbons (Fsp3) is 0.174. The van der Waals surface area contributed by atoms with Gasteiger partial charge < -0.3 is 5.32 Å². The Balaban J connectivity index is 1.39. The number of tetrazole rings is 1. The van der Waals surface area contributed by atoms with Crippen LogP contribution in [0, 0.1) is 6.92 Å². The van der Waals surface area contributed by atoms with Crippen molar-refractivity contribution in [3.8, 4) is 22.5 Å². The third-order valence-corrected chi connectivity index (χ3v) is 5.36. The minimum Gasteiger partial charge on any atom is -0.367 e. The van der Waals surface area contributed by atoms with Crippen molar-refractivity contribution in [3.05, 3.63) is 77.9 Å². The predicted octanol–water partition coefficient (Wildman–Crippen LogP) is 4.06. The molecule has 0 bridgehead atoms. The van der Waals surface area contributed by atoms with Gasteiger partial charge in [-0.05, 0) is 40.5 Å². The van der Waals surface area contributed by atoms with Gasteiger partial charge in [-0.1, -0.05) is 55.5 Å². The van der Waals surface area contributed by atoms with Gasteiger partial charge in [0.2, 0.25) is 0 Å². The molecule has 0 aliphatic rings. The van der Waals surface area contributed by atoms with E-state index in [1.807, 2.05) is 35.9 Å². The Bertz CT molecular complexity index is 1320. The van der Waals surface area contributed by atoms with Crippen molar-refractivity contribution in [3.63, 3.8) is 0 Å². The SMILES string of the molecule is CCc1cc(NCc2ccc(-c3ccccc3-c3nnn[nH]3)cc2)n2cnc(C)c2n1. The van der Waals surface area contributed by atoms with Crippen molar-refractivity contribution in [2.45, 2.75) is 26.8 Å². The van der Waals surface area contributed by atoms with Crippen LogP contribution in [0.25, 0.3) is 28.2 Å². The number of H-pyrrole nitrogens is 1. The maximum Gasteiger partial charge on any atom is 0.180 e. The number of fused-ring (bicyclic) bond motifs is 1. The van der Waals surface area contributed by atoms with Gasteiger partial charge in [-0.25, -0.2) is 15.1 Å². The van der Waals surface area contributed by atoms with E-state index in [0.29, 0.717) is 12.4 Å². The summed E-state index contributed by atoms with van der Waals surface area (Å²) in [4.78, 5) is 9.09. The summed E-state index contributed by atoms with van der Waals surface area (Å²) in [7, 11) is 0. The molecular weight excluding hydrogens is 388 g/mol. The molecule has 0 saturated heterocycles. The highest BCUT2D eigenvalue weighted by molar-refractivity contribution is 5.80. The van der Waals surface area contributed by atoms with Gasteiger partial charge in [0.15, 0.2) is 11.5 Å². The Labute approximate surface area is 179 Å². The second kappa shape index (κ2) is 7.98. The van der Waals surface area contributed by atoms with Crippen molar-refractivity contribution in [2.75, 3.05) is 5.32 Å². The monoisotopic (exact) mass is 410 g/mol. The molecule has 0 amide bonds. The molecule has 5 aromatic rings. The van der Waals surface area contributed by atoms with Crippen LogP contribution in [-0.2, 0) is 13.0 Å². The van der Waals surface area contributed by atoms with Gasteiger partial charge in [0.25, 0.3) is 0 Å². The Morgan fingerprint density at radius 2 is 1.84 bits per heavy atom. The summed E-state index contributed by atoms with van der Waals surface area (Å²) in [6.45, 7) is 4.80. The number of anilines is 1. The highest BCUT2D eigenvalue weighted by atomic mass is 15.5. The van der Waals surface area contributed by atoms with Crippen LogP contribution in [0.1, 0.15) is 23.9 Å². The Morgan fingerprint density at radius 1 is 1.03 bits per heavy atom. The predicted molar refractivity (Wildman–Crippen MR) is 119 cm³/mol. The number of hydrogen-bond acceptors (Lipinski definition) is 6. The Kier molecular flexibility index (Phi) is 4.87. The van der Waals surface area contributed by atoms with Crippen molar-refractivity contribution in [1.29, 1.82) is 0 Å². The van der Waals surface area contributed by atoms with Crippen LogP contribution >= 0.6 is 0 Å². The van der Waals surface area contributed by atoms with Crippen molar-refractivity contribution < 1.29 is 0 Å². The fourth-order valence-corrected chi connectivity index (χ4v) is 3.66. The lowest BCUT2D eigenvalue weighted by Crippen LogP contribution is -2.06. The standard InChI is InChI=1S/C23H22N8/c1-3-18-12-21(31-14-25-15(2)23(31)26-18)24-13-16-8-10-17(11-9-16)19-6-4-5-7-20(19)22-27-29-30-28-22/h4-12,14,24H,3,13H2,1-2H3,(H,27,28,29,30). The van der Waals surface area contributed by atoms with Gasteiger partial charge in [-0.15, -0.1) is 5.10 Å². The lowest BCUT2D eigenvalue weighted by atomic mass is 9.98. The van der Waals surface area contributed by atoms with Crippen LogP contribution in [0.15, 0.2) is 60.9 Å². The van der Waals surface area contributed by atoms with E-state index < -0.39 is 0 Å². The third-order valence-electron chi connectivity index (χ3n) is 5.36. The first-order chi connectivity index (χ1) is 15.2. The third kappa shape index (κ3) is 3.63. The number of rotatable bonds is 6. The van der Waals surface area contributed by atoms with E-state index >= 15 is 0 Å². The highest BCUT2D eigenvalue weighted by Gasteiger charge is 2.11. The van der Waals surface area contributed by atoms with E-state index in [1.165, 1.54) is 5.56 Å². The molecule has 0 fully saturated rings. The molecule has 31 heavy (non-hydrogen) atoms. The molecule has 2 N–H and O–H groups in total. The second-order valence-corrected chi connectivity index (χ2v) is 7.36. The van der Waals surface area contributed by atoms with Crippen molar-refractivity contribution >= 4 is 11.5 Å². The first kappa shape index (κ1) is 18.9. The molecule has 3 aromatic heterocycles. The van der Waals surface area contributed by atoms with E-state index in [9.17, 15) is 0 Å². The van der Waals surface area contributed by atoms with Gasteiger partial charge >= 0.3 is 0 Å². The molecule has 0 atom stereocenters. The average molecular weight is 410 g/mol. The lowest BCUT2D eigenvalue weighted by molar-refractivity contribution is 0.881. The zero-order valence-corrected chi connectivity index (χ0v) is 17.4. The van der Waals surface area contributed by atoms with Gasteiger partial charge in [0.05, 0.1) is 5.69 Å². The first-order valence-corrected chi connectivity index (χ1v) is 10.2. The maximum absolute atomic E-state index is 4.69. The number of imidazole rings is 1. The Morgan fingerprint density at radius 3 is 2.58 bits per heavy atom. The zero-order chi connectivity index (χ0) is 21.2. The topological polar surface area (TPSA) is 96.7 Å². The number of aromatic amines is 1. The molecule has 0 aliphatic carbocycles. The van der Waals surface area contributed by atoms with Gasteiger partial charge in [0, 0.05) is 23.9 Å². The smallest absolute Gasteiger partial charge is 0.180 e. The minimum absolute atomic E-state index is 0.658. The maximum atomic E-state index is 4.69. The molecule has 0 saturated carbocycles. The number of nitrogens with zero attached hydrogens (tertiary/aromatic N) is 6. The minimum atomic E-state index is 0.658. The summed E-state index contributed by atoms with van der Waals surface area (Å²) in [5, 5.41) is 17.8. The van der Waals surface area contributed by atoms with Crippen LogP contribution in [0.4, 0.5) is 5.82 Å². The van der Waals surface area contributed by atoms with Crippen LogP contribution < -0.4 is 5.32 Å². The number of aryl methyl sites for hydroxylation is 2. The molecule has 154 valence electrons. The summed E-state index contributed by atoms with van der Waals surface area (Å²) in [5.74, 6) is 1.65. The van der Waals surface area contributed by atoms with E-state index in [4.69, 9.17) is 0 Å². The first-order valence-electron chi connectivity index (χ1n) is 10.2. The van der Waals surface area contributed by atoms with Crippen molar-refractivity contribution in [2.24, 2.45) is 0 Å². The van der Waals surface area contributed by atoms with Gasteiger partial charge in [-0.3, -0.25) is 4.40 Å². The molecule has 8 nitrogen and oxygen atoms in total. The second-order valence-electron chi connectivity index (χ2n) is 7.36. The van der Waals surface area contributed by atoms with Crippen LogP contribution in [-0.4, -0.2) is 35.0 Å². The molecule has 2 aromatic carbocycles. The van der Waals surface area contributed by atoms with E-state index in [-0.39, 0.29) is 0 Å². The number of hydrogen-bond donors (Lipinski definition) is 2. The average Bonchev–Trinajstić information content (AvgIpc) is 3.48. The van der Waals surface area contributed by atoms with E-state index in [1.54, 1.807) is 0 Å². The summed E-state index contributed by atoms with van der Waals surface area (Å²) in [6.07, 6.45) is 2.70. The highest BCUT2D eigenvalue weighted by Crippen LogP contribution is 2.29. The van der Waals surface area contributed by atoms with E-state index in [2.05, 4.69) is 79.2 Å². The van der Waals surface area contributed by atoms with Crippen LogP contribution in [0.3, 0.4) is 0 Å². The number of nitrogens with one attached hydrogen (secondary N) is 2. The molecule has 0 spiro atoms. The fourth-order valence-electron chi connectivity index (χ4n) is 3.66. The summed E-state index contributed by atoms with van der Waals surface area (Å²) >= 11 is 0. The Hall–Kier alpha value is -4.07. The van der Waals surface area contributed by atoms with Crippen LogP contribution in [0.5, 0.6) is 0 Å². The van der Waals surface area contributed by atoms with Crippen molar-refractivity contribution in [1.82, 2.24) is 35.0 Å². The number of aromatic nitrogens is 7. The molecule has 8 heteroatoms. The number of benzene rings is 2. The summed E-state index contributed by atoms with van der Waals surface area (Å²) in [6, 6.07) is 18.7. The normalized spacial score (nSPS) is 11.2. The summed E-state index contributed by atoms with van der Waals surface area (Å²) in [5.41, 5.74) is 7.23. The lowest BCUT2D eigenvalue weighted by Gasteiger charge is -2.12. The molecule has 3 heterocycles. The van der Waals surface area contributed by atoms with Crippen LogP contribution in [0.2, 0.25) is 0 Å². The molecule has 0 unspecified atom stereocenters. The van der Waals surface area contributed by atoms with E-state index in [0.717, 1.165) is 46.0 Å².